The van der Waals surface area contributed by atoms with E-state index >= 15 is 0 Å². The predicted octanol–water partition coefficient (Wildman–Crippen LogP) is 1.69. The lowest BCUT2D eigenvalue weighted by atomic mass is 9.84. The van der Waals surface area contributed by atoms with Gasteiger partial charge in [0.05, 0.1) is 0 Å². The molecule has 1 rings (SSSR count). The highest BCUT2D eigenvalue weighted by atomic mass is 16.1. The lowest BCUT2D eigenvalue weighted by molar-refractivity contribution is -0.119. The lowest BCUT2D eigenvalue weighted by Crippen LogP contribution is -2.37. The molecule has 0 saturated carbocycles. The molecule has 0 aliphatic heterocycles. The Morgan fingerprint density at radius 1 is 1.53 bits per heavy atom. The Balaban J connectivity index is 2.39. The number of hydrogen-bond acceptors (Lipinski definition) is 3. The Hall–Kier alpha value is -1.16. The van der Waals surface area contributed by atoms with Gasteiger partial charge in [-0.05, 0) is 17.9 Å². The van der Waals surface area contributed by atoms with Gasteiger partial charge < -0.3 is 5.73 Å². The van der Waals surface area contributed by atoms with Gasteiger partial charge in [0.1, 0.15) is 5.78 Å². The van der Waals surface area contributed by atoms with Crippen molar-refractivity contribution in [2.75, 3.05) is 0 Å². The van der Waals surface area contributed by atoms with E-state index in [2.05, 4.69) is 25.9 Å². The molecule has 4 heteroatoms. The SMILES string of the molecule is Cn1nccc1CCC(=O)CC(N)C(C)(C)C. The Morgan fingerprint density at radius 2 is 2.18 bits per heavy atom. The normalized spacial score (nSPS) is 13.7. The minimum absolute atomic E-state index is 0.0117. The van der Waals surface area contributed by atoms with Crippen LogP contribution in [0.25, 0.3) is 0 Å². The second kappa shape index (κ2) is 5.45. The van der Waals surface area contributed by atoms with Crippen LogP contribution in [0.5, 0.6) is 0 Å². The van der Waals surface area contributed by atoms with E-state index in [9.17, 15) is 4.79 Å². The molecule has 1 atom stereocenters. The van der Waals surface area contributed by atoms with Crippen LogP contribution < -0.4 is 5.73 Å². The van der Waals surface area contributed by atoms with Crippen LogP contribution in [-0.4, -0.2) is 21.6 Å². The van der Waals surface area contributed by atoms with E-state index in [4.69, 9.17) is 5.73 Å². The summed E-state index contributed by atoms with van der Waals surface area (Å²) in [7, 11) is 1.89. The fraction of sp³-hybridized carbons (Fsp3) is 0.692. The zero-order chi connectivity index (χ0) is 13.1. The van der Waals surface area contributed by atoms with Gasteiger partial charge in [-0.2, -0.15) is 5.10 Å². The number of hydrogen-bond donors (Lipinski definition) is 1. The summed E-state index contributed by atoms with van der Waals surface area (Å²) in [6.07, 6.45) is 3.50. The molecule has 0 aliphatic carbocycles. The predicted molar refractivity (Wildman–Crippen MR) is 68.6 cm³/mol. The molecule has 0 aromatic carbocycles. The van der Waals surface area contributed by atoms with Crippen molar-refractivity contribution >= 4 is 5.78 Å². The average Bonchev–Trinajstić information content (AvgIpc) is 2.59. The Bertz CT molecular complexity index is 376. The zero-order valence-corrected chi connectivity index (χ0v) is 11.2. The fourth-order valence-corrected chi connectivity index (χ4v) is 1.57. The quantitative estimate of drug-likeness (QED) is 0.847. The van der Waals surface area contributed by atoms with Gasteiger partial charge in [-0.3, -0.25) is 9.48 Å². The van der Waals surface area contributed by atoms with Crippen LogP contribution >= 0.6 is 0 Å². The van der Waals surface area contributed by atoms with Gasteiger partial charge >= 0.3 is 0 Å². The van der Waals surface area contributed by atoms with Crippen LogP contribution in [-0.2, 0) is 18.3 Å². The largest absolute Gasteiger partial charge is 0.327 e. The minimum atomic E-state index is -0.0680. The monoisotopic (exact) mass is 237 g/mol. The highest BCUT2D eigenvalue weighted by molar-refractivity contribution is 5.79. The summed E-state index contributed by atoms with van der Waals surface area (Å²) in [6, 6.07) is 1.87. The summed E-state index contributed by atoms with van der Waals surface area (Å²) in [6.45, 7) is 6.18. The molecule has 0 spiro atoms. The van der Waals surface area contributed by atoms with E-state index in [1.807, 2.05) is 13.1 Å². The van der Waals surface area contributed by atoms with Gasteiger partial charge in [0.25, 0.3) is 0 Å². The maximum Gasteiger partial charge on any atom is 0.134 e. The van der Waals surface area contributed by atoms with Crippen molar-refractivity contribution in [3.8, 4) is 0 Å². The molecule has 1 heterocycles. The van der Waals surface area contributed by atoms with Crippen LogP contribution in [0.2, 0.25) is 0 Å². The fourth-order valence-electron chi connectivity index (χ4n) is 1.57. The van der Waals surface area contributed by atoms with E-state index in [1.54, 1.807) is 10.9 Å². The molecule has 0 amide bonds. The van der Waals surface area contributed by atoms with Crippen molar-refractivity contribution in [1.29, 1.82) is 0 Å². The number of rotatable bonds is 5. The van der Waals surface area contributed by atoms with Crippen molar-refractivity contribution in [3.05, 3.63) is 18.0 Å². The van der Waals surface area contributed by atoms with Gasteiger partial charge in [-0.25, -0.2) is 0 Å². The van der Waals surface area contributed by atoms with Gasteiger partial charge in [-0.15, -0.1) is 0 Å². The number of carbonyl (C=O) groups excluding carboxylic acids is 1. The Morgan fingerprint density at radius 3 is 2.65 bits per heavy atom. The zero-order valence-electron chi connectivity index (χ0n) is 11.2. The number of nitrogens with zero attached hydrogens (tertiary/aromatic N) is 2. The summed E-state index contributed by atoms with van der Waals surface area (Å²) < 4.78 is 1.80. The highest BCUT2D eigenvalue weighted by Gasteiger charge is 2.22. The maximum absolute atomic E-state index is 11.8. The number of aryl methyl sites for hydroxylation is 2. The lowest BCUT2D eigenvalue weighted by Gasteiger charge is -2.26. The molecule has 0 radical (unpaired) electrons. The van der Waals surface area contributed by atoms with Gasteiger partial charge in [-0.1, -0.05) is 20.8 Å². The first-order valence-corrected chi connectivity index (χ1v) is 6.05. The molecule has 4 nitrogen and oxygen atoms in total. The molecular formula is C13H23N3O. The smallest absolute Gasteiger partial charge is 0.134 e. The first-order chi connectivity index (χ1) is 7.80. The van der Waals surface area contributed by atoms with Gasteiger partial charge in [0.2, 0.25) is 0 Å². The average molecular weight is 237 g/mol. The number of carbonyl (C=O) groups is 1. The first-order valence-electron chi connectivity index (χ1n) is 6.05. The van der Waals surface area contributed by atoms with Crippen molar-refractivity contribution in [1.82, 2.24) is 9.78 Å². The molecule has 0 aliphatic rings. The standard InChI is InChI=1S/C13H23N3O/c1-13(2,3)12(14)9-11(17)6-5-10-7-8-15-16(10)4/h7-8,12H,5-6,9,14H2,1-4H3. The summed E-state index contributed by atoms with van der Waals surface area (Å²) in [5.41, 5.74) is 7.07. The summed E-state index contributed by atoms with van der Waals surface area (Å²) >= 11 is 0. The van der Waals surface area contributed by atoms with E-state index in [1.165, 1.54) is 0 Å². The third-order valence-electron chi connectivity index (χ3n) is 3.14. The van der Waals surface area contributed by atoms with Crippen molar-refractivity contribution in [2.45, 2.75) is 46.1 Å². The molecule has 0 fully saturated rings. The minimum Gasteiger partial charge on any atom is -0.327 e. The third kappa shape index (κ3) is 4.30. The van der Waals surface area contributed by atoms with Crippen LogP contribution in [0, 0.1) is 5.41 Å². The van der Waals surface area contributed by atoms with Crippen molar-refractivity contribution in [3.63, 3.8) is 0 Å². The molecule has 2 N–H and O–H groups in total. The second-order valence-electron chi connectivity index (χ2n) is 5.66. The molecule has 1 aromatic rings. The van der Waals surface area contributed by atoms with E-state index in [0.717, 1.165) is 12.1 Å². The molecule has 1 aromatic heterocycles. The van der Waals surface area contributed by atoms with Crippen LogP contribution in [0.1, 0.15) is 39.3 Å². The molecular weight excluding hydrogens is 214 g/mol. The Kier molecular flexibility index (Phi) is 4.46. The van der Waals surface area contributed by atoms with Crippen LogP contribution in [0.4, 0.5) is 0 Å². The van der Waals surface area contributed by atoms with Gasteiger partial charge in [0.15, 0.2) is 0 Å². The molecule has 96 valence electrons. The highest BCUT2D eigenvalue weighted by Crippen LogP contribution is 2.20. The summed E-state index contributed by atoms with van der Waals surface area (Å²) in [5, 5.41) is 4.08. The van der Waals surface area contributed by atoms with Crippen molar-refractivity contribution in [2.24, 2.45) is 18.2 Å². The maximum atomic E-state index is 11.8. The molecule has 1 unspecified atom stereocenters. The Labute approximate surface area is 103 Å². The van der Waals surface area contributed by atoms with E-state index < -0.39 is 0 Å². The number of ketones is 1. The number of Topliss-reactive ketones (excluding diaryl/α,β-unsaturated/α-hetero) is 1. The number of nitrogens with two attached hydrogens (primary N) is 1. The van der Waals surface area contributed by atoms with Crippen LogP contribution in [0.15, 0.2) is 12.3 Å². The van der Waals surface area contributed by atoms with Crippen molar-refractivity contribution < 1.29 is 4.79 Å². The third-order valence-corrected chi connectivity index (χ3v) is 3.14. The molecule has 0 saturated heterocycles. The summed E-state index contributed by atoms with van der Waals surface area (Å²) in [5.74, 6) is 0.230. The molecule has 17 heavy (non-hydrogen) atoms. The second-order valence-corrected chi connectivity index (χ2v) is 5.66. The van der Waals surface area contributed by atoms with Crippen LogP contribution in [0.3, 0.4) is 0 Å². The number of aromatic nitrogens is 2. The van der Waals surface area contributed by atoms with E-state index in [0.29, 0.717) is 12.8 Å². The summed E-state index contributed by atoms with van der Waals surface area (Å²) in [4.78, 5) is 11.8. The van der Waals surface area contributed by atoms with E-state index in [-0.39, 0.29) is 17.2 Å². The van der Waals surface area contributed by atoms with Gasteiger partial charge in [0, 0.05) is 37.8 Å². The first kappa shape index (κ1) is 13.9. The molecule has 0 bridgehead atoms. The topological polar surface area (TPSA) is 60.9 Å².